The van der Waals surface area contributed by atoms with Crippen molar-refractivity contribution in [2.24, 2.45) is 0 Å². The third-order valence-electron chi connectivity index (χ3n) is 4.96. The Balaban J connectivity index is 1.87. The van der Waals surface area contributed by atoms with Gasteiger partial charge >= 0.3 is 0 Å². The van der Waals surface area contributed by atoms with E-state index >= 15 is 0 Å². The van der Waals surface area contributed by atoms with Gasteiger partial charge in [-0.1, -0.05) is 41.9 Å². The van der Waals surface area contributed by atoms with Crippen molar-refractivity contribution in [1.29, 1.82) is 5.26 Å². The van der Waals surface area contributed by atoms with Crippen LogP contribution in [0.2, 0.25) is 5.02 Å². The minimum Gasteiger partial charge on any atom is -0.506 e. The summed E-state index contributed by atoms with van der Waals surface area (Å²) < 4.78 is 23.3. The Hall–Kier alpha value is -3.60. The van der Waals surface area contributed by atoms with Gasteiger partial charge in [-0.2, -0.15) is 5.26 Å². The number of H-pyrrole nitrogens is 1. The van der Waals surface area contributed by atoms with Crippen LogP contribution in [0.4, 0.5) is 0 Å². The first-order valence-corrected chi connectivity index (χ1v) is 11.4. The molecule has 2 N–H and O–H groups in total. The Bertz CT molecular complexity index is 1550. The van der Waals surface area contributed by atoms with E-state index in [0.29, 0.717) is 16.5 Å². The van der Waals surface area contributed by atoms with E-state index in [9.17, 15) is 23.6 Å². The average Bonchev–Trinajstić information content (AvgIpc) is 2.73. The number of sulfone groups is 1. The van der Waals surface area contributed by atoms with Crippen LogP contribution in [0.5, 0.6) is 5.75 Å². The molecule has 6 nitrogen and oxygen atoms in total. The number of nitrogens with zero attached hydrogens (tertiary/aromatic N) is 1. The van der Waals surface area contributed by atoms with Crippen molar-refractivity contribution in [1.82, 2.24) is 4.98 Å². The second-order valence-corrected chi connectivity index (χ2v) is 9.47. The van der Waals surface area contributed by atoms with Crippen LogP contribution in [-0.2, 0) is 9.84 Å². The van der Waals surface area contributed by atoms with E-state index in [4.69, 9.17) is 11.6 Å². The molecule has 0 amide bonds. The average molecular weight is 451 g/mol. The molecule has 0 spiro atoms. The number of halogens is 1. The highest BCUT2D eigenvalue weighted by Gasteiger charge is 2.16. The van der Waals surface area contributed by atoms with Gasteiger partial charge in [0.25, 0.3) is 5.56 Å². The Morgan fingerprint density at radius 2 is 1.68 bits per heavy atom. The summed E-state index contributed by atoms with van der Waals surface area (Å²) >= 11 is 6.03. The zero-order chi connectivity index (χ0) is 22.3. The van der Waals surface area contributed by atoms with E-state index in [1.807, 2.05) is 12.1 Å². The lowest BCUT2D eigenvalue weighted by Crippen LogP contribution is -2.09. The molecule has 4 rings (SSSR count). The van der Waals surface area contributed by atoms with Crippen molar-refractivity contribution >= 4 is 32.3 Å². The van der Waals surface area contributed by atoms with Crippen LogP contribution in [0, 0.1) is 11.3 Å². The maximum atomic E-state index is 12.7. The lowest BCUT2D eigenvalue weighted by molar-refractivity contribution is 0.482. The van der Waals surface area contributed by atoms with Crippen LogP contribution in [0.3, 0.4) is 0 Å². The summed E-state index contributed by atoms with van der Waals surface area (Å²) in [5.41, 5.74) is 2.03. The number of pyridine rings is 1. The molecule has 0 bridgehead atoms. The highest BCUT2D eigenvalue weighted by atomic mass is 35.5. The van der Waals surface area contributed by atoms with E-state index in [1.165, 1.54) is 24.3 Å². The third kappa shape index (κ3) is 3.79. The molecule has 0 atom stereocenters. The maximum Gasteiger partial charge on any atom is 0.260 e. The van der Waals surface area contributed by atoms with E-state index in [1.54, 1.807) is 30.3 Å². The monoisotopic (exact) mass is 450 g/mol. The summed E-state index contributed by atoms with van der Waals surface area (Å²) in [6, 6.07) is 18.2. The first kappa shape index (κ1) is 20.7. The summed E-state index contributed by atoms with van der Waals surface area (Å²) in [6.07, 6.45) is 1.14. The third-order valence-corrected chi connectivity index (χ3v) is 6.40. The normalized spacial score (nSPS) is 11.4. The van der Waals surface area contributed by atoms with E-state index in [2.05, 4.69) is 4.98 Å². The number of nitriles is 1. The Kier molecular flexibility index (Phi) is 5.05. The van der Waals surface area contributed by atoms with Gasteiger partial charge in [-0.25, -0.2) is 8.42 Å². The van der Waals surface area contributed by atoms with Gasteiger partial charge in [0.15, 0.2) is 9.84 Å². The number of fused-ring (bicyclic) bond motifs is 1. The van der Waals surface area contributed by atoms with E-state index in [-0.39, 0.29) is 26.8 Å². The zero-order valence-electron chi connectivity index (χ0n) is 16.2. The quantitative estimate of drug-likeness (QED) is 0.477. The highest BCUT2D eigenvalue weighted by molar-refractivity contribution is 7.90. The Morgan fingerprint density at radius 3 is 2.32 bits per heavy atom. The van der Waals surface area contributed by atoms with Gasteiger partial charge in [0.1, 0.15) is 11.8 Å². The van der Waals surface area contributed by atoms with Gasteiger partial charge in [0, 0.05) is 11.6 Å². The van der Waals surface area contributed by atoms with Crippen LogP contribution in [0.1, 0.15) is 5.56 Å². The maximum absolute atomic E-state index is 12.7. The predicted octanol–water partition coefficient (Wildman–Crippen LogP) is 4.50. The van der Waals surface area contributed by atoms with Crippen molar-refractivity contribution in [3.8, 4) is 34.1 Å². The summed E-state index contributed by atoms with van der Waals surface area (Å²) in [5, 5.41) is 20.5. The SMILES string of the molecule is CS(=O)(=O)c1ccc(-c2cccc(-c3c(O)c4cc(C#N)c(Cl)cc4[nH]c3=O)c2)cc1. The number of aromatic amines is 1. The van der Waals surface area contributed by atoms with Gasteiger partial charge in [0.2, 0.25) is 0 Å². The molecule has 0 unspecified atom stereocenters. The molecule has 0 fully saturated rings. The number of rotatable bonds is 3. The fourth-order valence-electron chi connectivity index (χ4n) is 3.40. The van der Waals surface area contributed by atoms with Gasteiger partial charge in [-0.3, -0.25) is 4.79 Å². The molecule has 1 heterocycles. The minimum atomic E-state index is -3.30. The molecule has 0 aliphatic heterocycles. The number of hydrogen-bond donors (Lipinski definition) is 2. The number of aromatic hydroxyl groups is 1. The first-order valence-electron chi connectivity index (χ1n) is 9.08. The van der Waals surface area contributed by atoms with Gasteiger partial charge in [-0.15, -0.1) is 0 Å². The molecule has 1 aromatic heterocycles. The molecule has 0 radical (unpaired) electrons. The smallest absolute Gasteiger partial charge is 0.260 e. The van der Waals surface area contributed by atoms with Gasteiger partial charge < -0.3 is 10.1 Å². The highest BCUT2D eigenvalue weighted by Crippen LogP contribution is 2.35. The molecule has 0 aliphatic rings. The number of benzene rings is 3. The summed E-state index contributed by atoms with van der Waals surface area (Å²) in [5.74, 6) is -0.253. The van der Waals surface area contributed by atoms with Crippen molar-refractivity contribution in [2.75, 3.05) is 6.26 Å². The fraction of sp³-hybridized carbons (Fsp3) is 0.0435. The van der Waals surface area contributed by atoms with Crippen molar-refractivity contribution in [2.45, 2.75) is 4.90 Å². The molecule has 0 saturated heterocycles. The number of nitrogens with one attached hydrogen (secondary N) is 1. The van der Waals surface area contributed by atoms with Gasteiger partial charge in [0.05, 0.1) is 26.6 Å². The lowest BCUT2D eigenvalue weighted by atomic mass is 9.98. The second kappa shape index (κ2) is 7.58. The topological polar surface area (TPSA) is 111 Å². The van der Waals surface area contributed by atoms with Crippen molar-refractivity contribution < 1.29 is 13.5 Å². The first-order chi connectivity index (χ1) is 14.7. The van der Waals surface area contributed by atoms with Crippen molar-refractivity contribution in [3.05, 3.63) is 81.6 Å². The summed E-state index contributed by atoms with van der Waals surface area (Å²) in [7, 11) is -3.30. The fourth-order valence-corrected chi connectivity index (χ4v) is 4.24. The van der Waals surface area contributed by atoms with E-state index in [0.717, 1.165) is 17.4 Å². The minimum absolute atomic E-state index is 0.0633. The summed E-state index contributed by atoms with van der Waals surface area (Å²) in [4.78, 5) is 15.6. The summed E-state index contributed by atoms with van der Waals surface area (Å²) in [6.45, 7) is 0. The number of aromatic nitrogens is 1. The predicted molar refractivity (Wildman–Crippen MR) is 120 cm³/mol. The van der Waals surface area contributed by atoms with Crippen LogP contribution in [0.25, 0.3) is 33.2 Å². The van der Waals surface area contributed by atoms with Crippen molar-refractivity contribution in [3.63, 3.8) is 0 Å². The molecule has 0 aliphatic carbocycles. The molecular formula is C23H15ClN2O4S. The second-order valence-electron chi connectivity index (χ2n) is 7.04. The van der Waals surface area contributed by atoms with Crippen LogP contribution < -0.4 is 5.56 Å². The molecule has 4 aromatic rings. The molecular weight excluding hydrogens is 436 g/mol. The zero-order valence-corrected chi connectivity index (χ0v) is 17.8. The van der Waals surface area contributed by atoms with Crippen LogP contribution in [0.15, 0.2) is 70.4 Å². The van der Waals surface area contributed by atoms with Crippen LogP contribution >= 0.6 is 11.6 Å². The largest absolute Gasteiger partial charge is 0.506 e. The Labute approximate surface area is 182 Å². The molecule has 8 heteroatoms. The van der Waals surface area contributed by atoms with E-state index < -0.39 is 15.4 Å². The standard InChI is InChI=1S/C23H15ClN2O4S/c1-31(29,30)17-7-5-13(6-8-17)14-3-2-4-15(9-14)21-22(27)18-10-16(12-25)19(24)11-20(18)26-23(21)28/h2-11H,1H3,(H2,26,27,28). The lowest BCUT2D eigenvalue weighted by Gasteiger charge is -2.10. The molecule has 31 heavy (non-hydrogen) atoms. The number of hydrogen-bond acceptors (Lipinski definition) is 5. The Morgan fingerprint density at radius 1 is 1.00 bits per heavy atom. The van der Waals surface area contributed by atoms with Crippen LogP contribution in [-0.4, -0.2) is 24.8 Å². The van der Waals surface area contributed by atoms with Gasteiger partial charge in [-0.05, 0) is 47.0 Å². The molecule has 154 valence electrons. The molecule has 0 saturated carbocycles. The molecule has 3 aromatic carbocycles.